The van der Waals surface area contributed by atoms with Crippen LogP contribution in [-0.4, -0.2) is 32.8 Å². The van der Waals surface area contributed by atoms with Crippen LogP contribution in [0.25, 0.3) is 0 Å². The van der Waals surface area contributed by atoms with Gasteiger partial charge >= 0.3 is 0 Å². The van der Waals surface area contributed by atoms with Crippen molar-refractivity contribution in [3.8, 4) is 5.75 Å². The van der Waals surface area contributed by atoms with Crippen molar-refractivity contribution in [1.82, 2.24) is 5.32 Å². The Morgan fingerprint density at radius 3 is 2.75 bits per heavy atom. The Bertz CT molecular complexity index is 435. The quantitative estimate of drug-likeness (QED) is 0.737. The van der Waals surface area contributed by atoms with E-state index in [1.807, 2.05) is 0 Å². The highest BCUT2D eigenvalue weighted by Crippen LogP contribution is 2.25. The first-order valence-corrected chi connectivity index (χ1v) is 7.53. The molecule has 0 saturated heterocycles. The fourth-order valence-electron chi connectivity index (χ4n) is 1.60. The number of benzene rings is 1. The monoisotopic (exact) mass is 343 g/mol. The predicted molar refractivity (Wildman–Crippen MR) is 83.3 cm³/mol. The minimum atomic E-state index is -0.0859. The van der Waals surface area contributed by atoms with Crippen LogP contribution >= 0.6 is 15.9 Å². The predicted octanol–water partition coefficient (Wildman–Crippen LogP) is 3.25. The van der Waals surface area contributed by atoms with Crippen LogP contribution in [0.4, 0.5) is 0 Å². The van der Waals surface area contributed by atoms with Gasteiger partial charge in [0, 0.05) is 25.3 Å². The second-order valence-electron chi connectivity index (χ2n) is 4.93. The summed E-state index contributed by atoms with van der Waals surface area (Å²) in [5, 5.41) is 2.87. The number of amides is 1. The van der Waals surface area contributed by atoms with Gasteiger partial charge in [0.15, 0.2) is 0 Å². The zero-order chi connectivity index (χ0) is 15.0. The van der Waals surface area contributed by atoms with Gasteiger partial charge in [-0.05, 0) is 46.5 Å². The van der Waals surface area contributed by atoms with Gasteiger partial charge in [-0.2, -0.15) is 0 Å². The fourth-order valence-corrected chi connectivity index (χ4v) is 2.15. The molecule has 1 amide bonds. The standard InChI is InChI=1S/C15H22BrNO3/c1-11(2)10-20-8-4-7-17-15(18)12-5-6-14(19-3)13(16)9-12/h5-6,9,11H,4,7-8,10H2,1-3H3,(H,17,18). The van der Waals surface area contributed by atoms with Gasteiger partial charge < -0.3 is 14.8 Å². The van der Waals surface area contributed by atoms with Crippen molar-refractivity contribution in [2.75, 3.05) is 26.9 Å². The molecule has 0 atom stereocenters. The minimum Gasteiger partial charge on any atom is -0.496 e. The van der Waals surface area contributed by atoms with Crippen LogP contribution in [-0.2, 0) is 4.74 Å². The van der Waals surface area contributed by atoms with Crippen LogP contribution in [0.1, 0.15) is 30.6 Å². The lowest BCUT2D eigenvalue weighted by Crippen LogP contribution is -2.25. The number of rotatable bonds is 8. The summed E-state index contributed by atoms with van der Waals surface area (Å²) in [4.78, 5) is 11.9. The third kappa shape index (κ3) is 5.92. The van der Waals surface area contributed by atoms with Crippen LogP contribution < -0.4 is 10.1 Å². The topological polar surface area (TPSA) is 47.6 Å². The molecule has 0 spiro atoms. The molecule has 0 aliphatic heterocycles. The fraction of sp³-hybridized carbons (Fsp3) is 0.533. The summed E-state index contributed by atoms with van der Waals surface area (Å²) >= 11 is 3.37. The maximum Gasteiger partial charge on any atom is 0.251 e. The highest BCUT2D eigenvalue weighted by atomic mass is 79.9. The average Bonchev–Trinajstić information content (AvgIpc) is 2.42. The van der Waals surface area contributed by atoms with Gasteiger partial charge in [-0.3, -0.25) is 4.79 Å². The first-order valence-electron chi connectivity index (χ1n) is 6.74. The summed E-state index contributed by atoms with van der Waals surface area (Å²) in [6.45, 7) is 6.28. The van der Waals surface area contributed by atoms with E-state index >= 15 is 0 Å². The van der Waals surface area contributed by atoms with E-state index in [-0.39, 0.29) is 5.91 Å². The number of nitrogens with one attached hydrogen (secondary N) is 1. The molecule has 0 unspecified atom stereocenters. The number of halogens is 1. The Balaban J connectivity index is 2.31. The Hall–Kier alpha value is -1.07. The van der Waals surface area contributed by atoms with E-state index in [9.17, 15) is 4.79 Å². The highest BCUT2D eigenvalue weighted by molar-refractivity contribution is 9.10. The molecule has 1 N–H and O–H groups in total. The van der Waals surface area contributed by atoms with Crippen LogP contribution in [0.15, 0.2) is 22.7 Å². The molecule has 1 aromatic rings. The maximum absolute atomic E-state index is 11.9. The van der Waals surface area contributed by atoms with Gasteiger partial charge in [0.05, 0.1) is 11.6 Å². The van der Waals surface area contributed by atoms with E-state index in [0.29, 0.717) is 30.4 Å². The molecule has 1 rings (SSSR count). The number of methoxy groups -OCH3 is 1. The first-order chi connectivity index (χ1) is 9.54. The van der Waals surface area contributed by atoms with Crippen molar-refractivity contribution in [3.05, 3.63) is 28.2 Å². The third-order valence-electron chi connectivity index (χ3n) is 2.62. The van der Waals surface area contributed by atoms with E-state index < -0.39 is 0 Å². The molecule has 0 bridgehead atoms. The Morgan fingerprint density at radius 1 is 1.40 bits per heavy atom. The number of carbonyl (C=O) groups excluding carboxylic acids is 1. The lowest BCUT2D eigenvalue weighted by molar-refractivity contribution is 0.0925. The molecule has 112 valence electrons. The van der Waals surface area contributed by atoms with E-state index in [0.717, 1.165) is 17.5 Å². The van der Waals surface area contributed by atoms with E-state index in [1.165, 1.54) is 0 Å². The highest BCUT2D eigenvalue weighted by Gasteiger charge is 2.08. The van der Waals surface area contributed by atoms with Gasteiger partial charge in [-0.1, -0.05) is 13.8 Å². The number of hydrogen-bond acceptors (Lipinski definition) is 3. The summed E-state index contributed by atoms with van der Waals surface area (Å²) < 4.78 is 11.4. The SMILES string of the molecule is COc1ccc(C(=O)NCCCOCC(C)C)cc1Br. The van der Waals surface area contributed by atoms with Crippen molar-refractivity contribution >= 4 is 21.8 Å². The van der Waals surface area contributed by atoms with Gasteiger partial charge in [0.25, 0.3) is 5.91 Å². The Kier molecular flexibility index (Phi) is 7.62. The Labute approximate surface area is 129 Å². The largest absolute Gasteiger partial charge is 0.496 e. The van der Waals surface area contributed by atoms with E-state index in [4.69, 9.17) is 9.47 Å². The van der Waals surface area contributed by atoms with Crippen LogP contribution in [0.5, 0.6) is 5.75 Å². The van der Waals surface area contributed by atoms with Crippen molar-refractivity contribution in [3.63, 3.8) is 0 Å². The molecule has 5 heteroatoms. The van der Waals surface area contributed by atoms with Crippen molar-refractivity contribution in [2.24, 2.45) is 5.92 Å². The molecule has 0 aromatic heterocycles. The molecule has 20 heavy (non-hydrogen) atoms. The summed E-state index contributed by atoms with van der Waals surface area (Å²) in [7, 11) is 1.59. The lowest BCUT2D eigenvalue weighted by Gasteiger charge is -2.09. The van der Waals surface area contributed by atoms with Crippen LogP contribution in [0.3, 0.4) is 0 Å². The second-order valence-corrected chi connectivity index (χ2v) is 5.78. The molecular formula is C15H22BrNO3. The van der Waals surface area contributed by atoms with E-state index in [2.05, 4.69) is 35.1 Å². The summed E-state index contributed by atoms with van der Waals surface area (Å²) in [5.41, 5.74) is 0.612. The molecule has 0 aliphatic rings. The average molecular weight is 344 g/mol. The van der Waals surface area contributed by atoms with Crippen molar-refractivity contribution in [2.45, 2.75) is 20.3 Å². The van der Waals surface area contributed by atoms with E-state index in [1.54, 1.807) is 25.3 Å². The summed E-state index contributed by atoms with van der Waals surface area (Å²) in [6, 6.07) is 5.27. The smallest absolute Gasteiger partial charge is 0.251 e. The van der Waals surface area contributed by atoms with Gasteiger partial charge in [0.2, 0.25) is 0 Å². The van der Waals surface area contributed by atoms with Crippen LogP contribution in [0.2, 0.25) is 0 Å². The van der Waals surface area contributed by atoms with Crippen LogP contribution in [0, 0.1) is 5.92 Å². The number of carbonyl (C=O) groups is 1. The summed E-state index contributed by atoms with van der Waals surface area (Å²) in [5.74, 6) is 1.17. The maximum atomic E-state index is 11.9. The molecule has 0 fully saturated rings. The normalized spacial score (nSPS) is 10.7. The number of ether oxygens (including phenoxy) is 2. The van der Waals surface area contributed by atoms with Gasteiger partial charge in [-0.25, -0.2) is 0 Å². The molecule has 0 saturated carbocycles. The molecular weight excluding hydrogens is 322 g/mol. The molecule has 0 heterocycles. The zero-order valence-electron chi connectivity index (χ0n) is 12.2. The minimum absolute atomic E-state index is 0.0859. The second kappa shape index (κ2) is 8.97. The summed E-state index contributed by atoms with van der Waals surface area (Å²) in [6.07, 6.45) is 0.815. The van der Waals surface area contributed by atoms with Crippen molar-refractivity contribution < 1.29 is 14.3 Å². The lowest BCUT2D eigenvalue weighted by atomic mass is 10.2. The van der Waals surface area contributed by atoms with Gasteiger partial charge in [0.1, 0.15) is 5.75 Å². The molecule has 4 nitrogen and oxygen atoms in total. The zero-order valence-corrected chi connectivity index (χ0v) is 13.8. The van der Waals surface area contributed by atoms with Gasteiger partial charge in [-0.15, -0.1) is 0 Å². The van der Waals surface area contributed by atoms with Crippen molar-refractivity contribution in [1.29, 1.82) is 0 Å². The number of hydrogen-bond donors (Lipinski definition) is 1. The Morgan fingerprint density at radius 2 is 2.15 bits per heavy atom. The first kappa shape index (κ1) is 17.0. The molecule has 0 aliphatic carbocycles. The molecule has 1 aromatic carbocycles. The molecule has 0 radical (unpaired) electrons. The third-order valence-corrected chi connectivity index (χ3v) is 3.24.